The van der Waals surface area contributed by atoms with Gasteiger partial charge in [-0.3, -0.25) is 4.79 Å². The van der Waals surface area contributed by atoms with Crippen molar-refractivity contribution in [3.8, 4) is 0 Å². The van der Waals surface area contributed by atoms with Gasteiger partial charge < -0.3 is 10.6 Å². The van der Waals surface area contributed by atoms with Gasteiger partial charge >= 0.3 is 0 Å². The lowest BCUT2D eigenvalue weighted by Crippen LogP contribution is -2.27. The quantitative estimate of drug-likeness (QED) is 0.401. The molecule has 0 fully saturated rings. The van der Waals surface area contributed by atoms with E-state index in [0.29, 0.717) is 30.0 Å². The molecular weight excluding hydrogens is 380 g/mol. The van der Waals surface area contributed by atoms with Crippen molar-refractivity contribution >= 4 is 50.5 Å². The van der Waals surface area contributed by atoms with E-state index < -0.39 is 0 Å². The number of thioether (sulfide) groups is 1. The number of carbonyl (C=O) groups is 1. The minimum absolute atomic E-state index is 0.0277. The maximum atomic E-state index is 11.5. The second-order valence-corrected chi connectivity index (χ2v) is 6.82. The highest BCUT2D eigenvalue weighted by Gasteiger charge is 2.13. The Kier molecular flexibility index (Phi) is 6.64. The van der Waals surface area contributed by atoms with Crippen LogP contribution in [0.25, 0.3) is 11.0 Å². The summed E-state index contributed by atoms with van der Waals surface area (Å²) < 4.78 is 1.80. The number of aromatic nitrogens is 4. The molecule has 2 aromatic rings. The molecule has 1 amide bonds. The maximum absolute atomic E-state index is 11.5. The predicted molar refractivity (Wildman–Crippen MR) is 97.3 cm³/mol. The van der Waals surface area contributed by atoms with E-state index >= 15 is 0 Å². The summed E-state index contributed by atoms with van der Waals surface area (Å²) in [6.45, 7) is 5.23. The number of nitrogens with one attached hydrogen (secondary N) is 2. The average molecular weight is 401 g/mol. The number of hydrogen-bond acceptors (Lipinski definition) is 6. The molecule has 126 valence electrons. The molecule has 2 heterocycles. The van der Waals surface area contributed by atoms with Crippen molar-refractivity contribution in [2.45, 2.75) is 38.0 Å². The van der Waals surface area contributed by atoms with Crippen LogP contribution < -0.4 is 10.6 Å². The molecule has 2 aromatic heterocycles. The second kappa shape index (κ2) is 8.49. The molecule has 2 rings (SSSR count). The molecule has 0 saturated heterocycles. The van der Waals surface area contributed by atoms with Crippen LogP contribution in [0, 0.1) is 0 Å². The molecule has 23 heavy (non-hydrogen) atoms. The highest BCUT2D eigenvalue weighted by atomic mass is 79.9. The zero-order valence-corrected chi connectivity index (χ0v) is 15.9. The standard InChI is InChI=1S/C14H21BrN6OS/c1-9(2)18-12-10-8-17-21(7-6-16-11(22)4-5-15)13(10)20-14(19-12)23-3/h8-9H,4-7H2,1-3H3,(H,16,22)(H,18,19,20). The van der Waals surface area contributed by atoms with Crippen LogP contribution in [0.4, 0.5) is 5.82 Å². The first-order valence-corrected chi connectivity index (χ1v) is 9.76. The van der Waals surface area contributed by atoms with Crippen LogP contribution in [0.5, 0.6) is 0 Å². The zero-order valence-electron chi connectivity index (χ0n) is 13.5. The SMILES string of the molecule is CSc1nc(NC(C)C)c2cnn(CCNC(=O)CCBr)c2n1. The molecule has 0 aromatic carbocycles. The second-order valence-electron chi connectivity index (χ2n) is 5.25. The van der Waals surface area contributed by atoms with Crippen molar-refractivity contribution in [1.29, 1.82) is 0 Å². The van der Waals surface area contributed by atoms with E-state index in [9.17, 15) is 4.79 Å². The topological polar surface area (TPSA) is 84.7 Å². The van der Waals surface area contributed by atoms with E-state index in [2.05, 4.69) is 55.5 Å². The molecule has 9 heteroatoms. The summed E-state index contributed by atoms with van der Waals surface area (Å²) in [7, 11) is 0. The molecular formula is C14H21BrN6OS. The molecule has 0 radical (unpaired) electrons. The molecule has 0 spiro atoms. The molecule has 0 atom stereocenters. The number of rotatable bonds is 8. The fraction of sp³-hybridized carbons (Fsp3) is 0.571. The van der Waals surface area contributed by atoms with Crippen LogP contribution >= 0.6 is 27.7 Å². The Bertz CT molecular complexity index is 675. The first kappa shape index (κ1) is 18.0. The Morgan fingerprint density at radius 3 is 2.87 bits per heavy atom. The third kappa shape index (κ3) is 4.81. The summed E-state index contributed by atoms with van der Waals surface area (Å²) in [5.74, 6) is 0.823. The van der Waals surface area contributed by atoms with Crippen molar-refractivity contribution in [3.63, 3.8) is 0 Å². The zero-order chi connectivity index (χ0) is 16.8. The summed E-state index contributed by atoms with van der Waals surface area (Å²) >= 11 is 4.75. The van der Waals surface area contributed by atoms with Gasteiger partial charge in [-0.15, -0.1) is 0 Å². The van der Waals surface area contributed by atoms with Crippen LogP contribution in [-0.2, 0) is 11.3 Å². The van der Waals surface area contributed by atoms with Crippen LogP contribution in [0.3, 0.4) is 0 Å². The minimum atomic E-state index is 0.0277. The summed E-state index contributed by atoms with van der Waals surface area (Å²) in [6.07, 6.45) is 4.19. The van der Waals surface area contributed by atoms with Gasteiger partial charge in [-0.1, -0.05) is 27.7 Å². The Labute approximate surface area is 148 Å². The largest absolute Gasteiger partial charge is 0.367 e. The molecule has 0 aliphatic carbocycles. The number of anilines is 1. The van der Waals surface area contributed by atoms with Gasteiger partial charge in [-0.25, -0.2) is 14.6 Å². The summed E-state index contributed by atoms with van der Waals surface area (Å²) in [5.41, 5.74) is 0.780. The number of amides is 1. The van der Waals surface area contributed by atoms with Gasteiger partial charge in [-0.05, 0) is 20.1 Å². The Morgan fingerprint density at radius 1 is 1.43 bits per heavy atom. The summed E-state index contributed by atoms with van der Waals surface area (Å²) in [5, 5.41) is 12.8. The number of alkyl halides is 1. The van der Waals surface area contributed by atoms with Gasteiger partial charge in [0.2, 0.25) is 5.91 Å². The van der Waals surface area contributed by atoms with Crippen LogP contribution in [-0.4, -0.2) is 49.8 Å². The molecule has 2 N–H and O–H groups in total. The molecule has 7 nitrogen and oxygen atoms in total. The molecule has 0 bridgehead atoms. The van der Waals surface area contributed by atoms with Gasteiger partial charge in [0.1, 0.15) is 5.82 Å². The Balaban J connectivity index is 2.19. The highest BCUT2D eigenvalue weighted by Crippen LogP contribution is 2.23. The van der Waals surface area contributed by atoms with E-state index in [1.807, 2.05) is 6.26 Å². The normalized spacial score (nSPS) is 11.2. The van der Waals surface area contributed by atoms with Crippen molar-refractivity contribution in [3.05, 3.63) is 6.20 Å². The van der Waals surface area contributed by atoms with Crippen LogP contribution in [0.1, 0.15) is 20.3 Å². The lowest BCUT2D eigenvalue weighted by Gasteiger charge is -2.11. The van der Waals surface area contributed by atoms with E-state index in [0.717, 1.165) is 16.9 Å². The number of carbonyl (C=O) groups excluding carboxylic acids is 1. The number of hydrogen-bond donors (Lipinski definition) is 2. The smallest absolute Gasteiger partial charge is 0.220 e. The van der Waals surface area contributed by atoms with Crippen molar-refractivity contribution in [2.24, 2.45) is 0 Å². The first-order chi connectivity index (χ1) is 11.0. The first-order valence-electron chi connectivity index (χ1n) is 7.42. The number of nitrogens with zero attached hydrogens (tertiary/aromatic N) is 4. The fourth-order valence-electron chi connectivity index (χ4n) is 2.05. The third-order valence-corrected chi connectivity index (χ3v) is 4.00. The van der Waals surface area contributed by atoms with Crippen LogP contribution in [0.15, 0.2) is 11.4 Å². The fourth-order valence-corrected chi connectivity index (χ4v) is 2.77. The Morgan fingerprint density at radius 2 is 2.22 bits per heavy atom. The van der Waals surface area contributed by atoms with Gasteiger partial charge in [0.05, 0.1) is 18.1 Å². The summed E-state index contributed by atoms with van der Waals surface area (Å²) in [4.78, 5) is 20.6. The van der Waals surface area contributed by atoms with E-state index in [1.54, 1.807) is 10.9 Å². The van der Waals surface area contributed by atoms with Gasteiger partial charge in [0.15, 0.2) is 10.8 Å². The monoisotopic (exact) mass is 400 g/mol. The highest BCUT2D eigenvalue weighted by molar-refractivity contribution is 9.09. The van der Waals surface area contributed by atoms with E-state index in [4.69, 9.17) is 0 Å². The van der Waals surface area contributed by atoms with Crippen molar-refractivity contribution in [1.82, 2.24) is 25.1 Å². The Hall–Kier alpha value is -1.35. The minimum Gasteiger partial charge on any atom is -0.367 e. The van der Waals surface area contributed by atoms with E-state index in [1.165, 1.54) is 11.8 Å². The number of fused-ring (bicyclic) bond motifs is 1. The van der Waals surface area contributed by atoms with Crippen LogP contribution in [0.2, 0.25) is 0 Å². The molecule has 0 aliphatic heterocycles. The lowest BCUT2D eigenvalue weighted by molar-refractivity contribution is -0.120. The molecule has 0 unspecified atom stereocenters. The summed E-state index contributed by atoms with van der Waals surface area (Å²) in [6, 6.07) is 0.273. The van der Waals surface area contributed by atoms with Crippen molar-refractivity contribution < 1.29 is 4.79 Å². The van der Waals surface area contributed by atoms with E-state index in [-0.39, 0.29) is 11.9 Å². The molecule has 0 aliphatic rings. The predicted octanol–water partition coefficient (Wildman–Crippen LogP) is 2.27. The lowest BCUT2D eigenvalue weighted by atomic mass is 10.3. The van der Waals surface area contributed by atoms with Crippen molar-refractivity contribution in [2.75, 3.05) is 23.4 Å². The van der Waals surface area contributed by atoms with Gasteiger partial charge in [0, 0.05) is 24.3 Å². The van der Waals surface area contributed by atoms with Gasteiger partial charge in [-0.2, -0.15) is 5.10 Å². The average Bonchev–Trinajstić information content (AvgIpc) is 2.90. The third-order valence-electron chi connectivity index (χ3n) is 3.05. The number of halogens is 1. The van der Waals surface area contributed by atoms with Gasteiger partial charge in [0.25, 0.3) is 0 Å². The molecule has 0 saturated carbocycles. The maximum Gasteiger partial charge on any atom is 0.220 e.